The van der Waals surface area contributed by atoms with Crippen molar-refractivity contribution >= 4 is 40.0 Å². The van der Waals surface area contributed by atoms with Gasteiger partial charge in [-0.1, -0.05) is 48.0 Å². The summed E-state index contributed by atoms with van der Waals surface area (Å²) in [5.41, 5.74) is -0.474. The Bertz CT molecular complexity index is 3090. The van der Waals surface area contributed by atoms with Crippen molar-refractivity contribution in [1.29, 1.82) is 0 Å². The van der Waals surface area contributed by atoms with E-state index in [1.807, 2.05) is 55.5 Å². The molecule has 2 aliphatic heterocycles. The molecule has 1 N–H and O–H groups in total. The van der Waals surface area contributed by atoms with Gasteiger partial charge in [-0.05, 0) is 85.6 Å². The number of halogens is 7. The average Bonchev–Trinajstić information content (AvgIpc) is 3.53. The second-order valence-corrected chi connectivity index (χ2v) is 18.5. The highest BCUT2D eigenvalue weighted by atomic mass is 35.5. The minimum absolute atomic E-state index is 0.0477. The lowest BCUT2D eigenvalue weighted by molar-refractivity contribution is -0.137. The number of nitrogens with zero attached hydrogens (tertiary/aromatic N) is 8. The van der Waals surface area contributed by atoms with Gasteiger partial charge in [0.15, 0.2) is 11.6 Å². The van der Waals surface area contributed by atoms with Gasteiger partial charge in [-0.3, -0.25) is 4.90 Å². The van der Waals surface area contributed by atoms with Gasteiger partial charge in [0.1, 0.15) is 59.8 Å². The third kappa shape index (κ3) is 10.8. The first-order valence-electron chi connectivity index (χ1n) is 23.5. The van der Waals surface area contributed by atoms with E-state index in [4.69, 9.17) is 40.3 Å². The standard InChI is InChI=1S/C53H52ClF6N9O5/c1-30-21-40(68(25-33-9-15-37(71-5)16-10-33)26-34-11-17-38(72-6)18-12-34)64-46(43(30)53(58,59)60)41-44(54)48-42-47(45(41)55)65-51(74-27-35-22-52(56,57)28-67(35)3)66-50(42)69(19-20-73-48)31(2)39-24-61-29-63-49(39)62-23-32-7-13-36(70-4)14-8-32/h7-18,21,24,29,31,35H,19-20,22-23,25-28H2,1-6H3,(H,61,62,63)/t31-,35+/m1/s1. The van der Waals surface area contributed by atoms with Crippen LogP contribution in [0.4, 0.5) is 43.8 Å². The Morgan fingerprint density at radius 3 is 2.07 bits per heavy atom. The molecular formula is C53H52ClF6N9O5. The third-order valence-corrected chi connectivity index (χ3v) is 13.6. The molecule has 0 aliphatic carbocycles. The SMILES string of the molecule is COc1ccc(CNc2ncncc2[C@@H](C)N2CCOc3c(Cl)c(-c4nc(N(Cc5ccc(OC)cc5)Cc5ccc(OC)cc5)cc(C)c4C(F)(F)F)c(F)c4nc(OC[C@@H]5CC(F)(F)CN5C)nc2c34)cc1. The van der Waals surface area contributed by atoms with Crippen LogP contribution < -0.4 is 38.8 Å². The number of pyridine rings is 1. The highest BCUT2D eigenvalue weighted by Crippen LogP contribution is 2.51. The molecule has 14 nitrogen and oxygen atoms in total. The van der Waals surface area contributed by atoms with Crippen molar-refractivity contribution in [1.82, 2.24) is 29.8 Å². The van der Waals surface area contributed by atoms with Crippen LogP contribution in [0.3, 0.4) is 0 Å². The quantitative estimate of drug-likeness (QED) is 0.0868. The summed E-state index contributed by atoms with van der Waals surface area (Å²) in [5, 5.41) is 2.80. The van der Waals surface area contributed by atoms with E-state index in [1.165, 1.54) is 45.5 Å². The lowest BCUT2D eigenvalue weighted by atomic mass is 9.98. The van der Waals surface area contributed by atoms with Crippen molar-refractivity contribution in [2.75, 3.05) is 69.8 Å². The number of benzene rings is 4. The Labute approximate surface area is 428 Å². The van der Waals surface area contributed by atoms with Crippen LogP contribution in [-0.2, 0) is 25.8 Å². The zero-order valence-corrected chi connectivity index (χ0v) is 42.0. The summed E-state index contributed by atoms with van der Waals surface area (Å²) >= 11 is 7.22. The molecule has 1 fully saturated rings. The van der Waals surface area contributed by atoms with Gasteiger partial charge in [0, 0.05) is 43.9 Å². The molecule has 0 unspecified atom stereocenters. The van der Waals surface area contributed by atoms with Gasteiger partial charge < -0.3 is 38.8 Å². The second kappa shape index (κ2) is 21.3. The van der Waals surface area contributed by atoms with Crippen LogP contribution in [0.25, 0.3) is 22.2 Å². The van der Waals surface area contributed by atoms with Gasteiger partial charge in [0.05, 0.1) is 67.7 Å². The third-order valence-electron chi connectivity index (χ3n) is 13.2. The van der Waals surface area contributed by atoms with Crippen molar-refractivity contribution in [2.45, 2.75) is 64.1 Å². The van der Waals surface area contributed by atoms with Gasteiger partial charge in [-0.15, -0.1) is 0 Å². The van der Waals surface area contributed by atoms with Crippen molar-refractivity contribution in [3.05, 3.63) is 136 Å². The smallest absolute Gasteiger partial charge is 0.418 e. The number of likely N-dealkylation sites (tertiary alicyclic amines) is 1. The lowest BCUT2D eigenvalue weighted by Crippen LogP contribution is -2.32. The predicted molar refractivity (Wildman–Crippen MR) is 268 cm³/mol. The van der Waals surface area contributed by atoms with E-state index in [9.17, 15) is 8.78 Å². The fourth-order valence-corrected chi connectivity index (χ4v) is 9.68. The van der Waals surface area contributed by atoms with Gasteiger partial charge in [0.2, 0.25) is 0 Å². The van der Waals surface area contributed by atoms with Crippen LogP contribution >= 0.6 is 11.6 Å². The second-order valence-electron chi connectivity index (χ2n) is 18.1. The van der Waals surface area contributed by atoms with E-state index in [-0.39, 0.29) is 61.2 Å². The molecule has 1 saturated heterocycles. The number of rotatable bonds is 17. The maximum absolute atomic E-state index is 18.2. The number of likely N-dealkylation sites (N-methyl/N-ethyl adjacent to an activating group) is 1. The Morgan fingerprint density at radius 1 is 0.892 bits per heavy atom. The Kier molecular flexibility index (Phi) is 14.8. The molecule has 2 atom stereocenters. The maximum Gasteiger partial charge on any atom is 0.418 e. The molecule has 7 aromatic rings. The Morgan fingerprint density at radius 2 is 1.50 bits per heavy atom. The van der Waals surface area contributed by atoms with Crippen LogP contribution in [0.5, 0.6) is 29.0 Å². The Hall–Kier alpha value is -7.32. The monoisotopic (exact) mass is 1040 g/mol. The number of hydrogen-bond donors (Lipinski definition) is 1. The van der Waals surface area contributed by atoms with Crippen LogP contribution in [0, 0.1) is 12.7 Å². The fraction of sp³-hybridized carbons (Fsp3) is 0.340. The average molecular weight is 1040 g/mol. The van der Waals surface area contributed by atoms with Gasteiger partial charge in [0.25, 0.3) is 5.92 Å². The van der Waals surface area contributed by atoms with Crippen molar-refractivity contribution < 1.29 is 50.0 Å². The molecule has 5 heterocycles. The summed E-state index contributed by atoms with van der Waals surface area (Å²) in [6.45, 7) is 2.95. The maximum atomic E-state index is 18.2. The van der Waals surface area contributed by atoms with Crippen molar-refractivity contribution in [3.8, 4) is 40.3 Å². The summed E-state index contributed by atoms with van der Waals surface area (Å²) in [6, 6.07) is 21.3. The molecule has 9 rings (SSSR count). The normalized spacial score (nSPS) is 15.9. The first kappa shape index (κ1) is 51.6. The molecule has 74 heavy (non-hydrogen) atoms. The van der Waals surface area contributed by atoms with E-state index >= 15 is 17.6 Å². The predicted octanol–water partition coefficient (Wildman–Crippen LogP) is 11.1. The largest absolute Gasteiger partial charge is 0.497 e. The molecule has 4 aromatic carbocycles. The minimum Gasteiger partial charge on any atom is -0.497 e. The molecular weight excluding hydrogens is 992 g/mol. The zero-order valence-electron chi connectivity index (χ0n) is 41.2. The highest BCUT2D eigenvalue weighted by molar-refractivity contribution is 6.36. The van der Waals surface area contributed by atoms with E-state index in [1.54, 1.807) is 47.4 Å². The summed E-state index contributed by atoms with van der Waals surface area (Å²) in [4.78, 5) is 27.7. The summed E-state index contributed by atoms with van der Waals surface area (Å²) in [5.74, 6) is -1.97. The van der Waals surface area contributed by atoms with E-state index in [2.05, 4.69) is 25.3 Å². The number of anilines is 3. The highest BCUT2D eigenvalue weighted by Gasteiger charge is 2.44. The molecule has 2 aliphatic rings. The summed E-state index contributed by atoms with van der Waals surface area (Å²) in [6.07, 6.45) is -2.57. The number of alkyl halides is 5. The number of ether oxygens (including phenoxy) is 5. The van der Waals surface area contributed by atoms with Crippen LogP contribution in [0.15, 0.2) is 91.4 Å². The molecule has 0 bridgehead atoms. The molecule has 0 radical (unpaired) electrons. The lowest BCUT2D eigenvalue weighted by Gasteiger charge is -2.30. The number of nitrogens with one attached hydrogen (secondary N) is 1. The van der Waals surface area contributed by atoms with Gasteiger partial charge in [-0.2, -0.15) is 23.1 Å². The topological polar surface area (TPSA) is 132 Å². The molecule has 388 valence electrons. The summed E-state index contributed by atoms with van der Waals surface area (Å²) in [7, 11) is 6.19. The summed E-state index contributed by atoms with van der Waals surface area (Å²) < 4.78 is 122. The Balaban J connectivity index is 1.20. The molecule has 0 saturated carbocycles. The minimum atomic E-state index is -5.06. The molecule has 0 amide bonds. The van der Waals surface area contributed by atoms with Crippen LogP contribution in [-0.4, -0.2) is 96.5 Å². The first-order chi connectivity index (χ1) is 35.4. The molecule has 0 spiro atoms. The van der Waals surface area contributed by atoms with Crippen LogP contribution in [0.2, 0.25) is 5.02 Å². The number of methoxy groups -OCH3 is 3. The van der Waals surface area contributed by atoms with Crippen LogP contribution in [0.1, 0.15) is 52.8 Å². The number of hydrogen-bond acceptors (Lipinski definition) is 14. The fourth-order valence-electron chi connectivity index (χ4n) is 9.36. The zero-order chi connectivity index (χ0) is 52.5. The number of aromatic nitrogens is 5. The first-order valence-corrected chi connectivity index (χ1v) is 23.9. The van der Waals surface area contributed by atoms with E-state index in [0.717, 1.165) is 16.7 Å². The molecule has 3 aromatic heterocycles. The van der Waals surface area contributed by atoms with Crippen molar-refractivity contribution in [3.63, 3.8) is 0 Å². The van der Waals surface area contributed by atoms with Gasteiger partial charge in [-0.25, -0.2) is 28.1 Å². The molecule has 21 heteroatoms. The van der Waals surface area contributed by atoms with E-state index < -0.39 is 76.3 Å². The van der Waals surface area contributed by atoms with Crippen molar-refractivity contribution in [2.24, 2.45) is 0 Å². The van der Waals surface area contributed by atoms with E-state index in [0.29, 0.717) is 35.2 Å². The van der Waals surface area contributed by atoms with Gasteiger partial charge >= 0.3 is 12.2 Å². The number of aryl methyl sites for hydroxylation is 1.